The molecule has 0 aliphatic carbocycles. The number of halogens is 1. The molecule has 0 atom stereocenters. The number of hydrogen-bond acceptors (Lipinski definition) is 4. The number of imide groups is 1. The van der Waals surface area contributed by atoms with Crippen LogP contribution in [0.2, 0.25) is 0 Å². The fourth-order valence-electron chi connectivity index (χ4n) is 1.90. The van der Waals surface area contributed by atoms with E-state index in [1.54, 1.807) is 24.4 Å². The van der Waals surface area contributed by atoms with Gasteiger partial charge in [0.15, 0.2) is 5.13 Å². The first-order chi connectivity index (χ1) is 8.66. The molecule has 0 saturated carbocycles. The number of aromatic nitrogens is 1. The molecule has 0 spiro atoms. The van der Waals surface area contributed by atoms with Crippen LogP contribution >= 0.6 is 27.3 Å². The number of hydrogen-bond donors (Lipinski definition) is 0. The van der Waals surface area contributed by atoms with Crippen LogP contribution in [0.1, 0.15) is 15.9 Å². The van der Waals surface area contributed by atoms with Gasteiger partial charge in [0.25, 0.3) is 5.91 Å². The minimum absolute atomic E-state index is 0.235. The van der Waals surface area contributed by atoms with Crippen molar-refractivity contribution in [1.82, 2.24) is 4.98 Å². The molecule has 2 heterocycles. The molecule has 1 aliphatic rings. The second-order valence-electron chi connectivity index (χ2n) is 3.82. The molecule has 1 aromatic carbocycles. The van der Waals surface area contributed by atoms with Crippen LogP contribution in [0, 0.1) is 0 Å². The van der Waals surface area contributed by atoms with Gasteiger partial charge in [0.1, 0.15) is 0 Å². The lowest BCUT2D eigenvalue weighted by molar-refractivity contribution is -0.117. The summed E-state index contributed by atoms with van der Waals surface area (Å²) in [6.07, 6.45) is 1.82. The van der Waals surface area contributed by atoms with Gasteiger partial charge in [-0.15, -0.1) is 0 Å². The van der Waals surface area contributed by atoms with Crippen molar-refractivity contribution in [2.24, 2.45) is 0 Å². The van der Waals surface area contributed by atoms with E-state index in [4.69, 9.17) is 0 Å². The Hall–Kier alpha value is -1.53. The van der Waals surface area contributed by atoms with Gasteiger partial charge in [-0.05, 0) is 27.6 Å². The van der Waals surface area contributed by atoms with Crippen molar-refractivity contribution < 1.29 is 9.59 Å². The first-order valence-corrected chi connectivity index (χ1v) is 6.84. The van der Waals surface area contributed by atoms with Crippen molar-refractivity contribution in [2.45, 2.75) is 6.42 Å². The number of benzene rings is 1. The number of fused-ring (bicyclic) bond motifs is 1. The van der Waals surface area contributed by atoms with E-state index in [1.807, 2.05) is 6.07 Å². The smallest absolute Gasteiger partial charge is 0.267 e. The molecule has 4 nitrogen and oxygen atoms in total. The Bertz CT molecular complexity index is 653. The number of carbonyl (C=O) groups excluding carboxylic acids is 2. The highest BCUT2D eigenvalue weighted by Crippen LogP contribution is 2.31. The average molecular weight is 323 g/mol. The second kappa shape index (κ2) is 4.29. The topological polar surface area (TPSA) is 50.3 Å². The molecule has 18 heavy (non-hydrogen) atoms. The normalized spacial score (nSPS) is 14.8. The van der Waals surface area contributed by atoms with Gasteiger partial charge in [-0.2, -0.15) is 0 Å². The van der Waals surface area contributed by atoms with E-state index >= 15 is 0 Å². The van der Waals surface area contributed by atoms with E-state index in [1.165, 1.54) is 11.3 Å². The van der Waals surface area contributed by atoms with E-state index in [0.717, 1.165) is 14.2 Å². The SMILES string of the molecule is O=C1Cc2ccccc2C(=O)N1c1ncc(Br)s1. The maximum atomic E-state index is 12.3. The molecule has 6 heteroatoms. The third-order valence-corrected chi connectivity index (χ3v) is 4.16. The van der Waals surface area contributed by atoms with Crippen LogP contribution in [-0.2, 0) is 11.2 Å². The first-order valence-electron chi connectivity index (χ1n) is 5.23. The van der Waals surface area contributed by atoms with Gasteiger partial charge in [0.2, 0.25) is 5.91 Å². The minimum Gasteiger partial charge on any atom is -0.274 e. The quantitative estimate of drug-likeness (QED) is 0.758. The van der Waals surface area contributed by atoms with Crippen molar-refractivity contribution in [3.8, 4) is 0 Å². The number of rotatable bonds is 1. The summed E-state index contributed by atoms with van der Waals surface area (Å²) < 4.78 is 0.789. The molecular weight excluding hydrogens is 316 g/mol. The molecule has 90 valence electrons. The predicted molar refractivity (Wildman–Crippen MR) is 71.8 cm³/mol. The van der Waals surface area contributed by atoms with Crippen LogP contribution in [0.5, 0.6) is 0 Å². The molecule has 0 fully saturated rings. The third-order valence-electron chi connectivity index (χ3n) is 2.70. The van der Waals surface area contributed by atoms with Crippen molar-refractivity contribution >= 4 is 44.2 Å². The zero-order valence-electron chi connectivity index (χ0n) is 9.09. The molecule has 0 N–H and O–H groups in total. The zero-order chi connectivity index (χ0) is 12.7. The van der Waals surface area contributed by atoms with E-state index in [2.05, 4.69) is 20.9 Å². The first kappa shape index (κ1) is 11.6. The molecule has 1 aliphatic heterocycles. The lowest BCUT2D eigenvalue weighted by Gasteiger charge is -2.24. The Morgan fingerprint density at radius 2 is 2.06 bits per heavy atom. The zero-order valence-corrected chi connectivity index (χ0v) is 11.5. The lowest BCUT2D eigenvalue weighted by atomic mass is 9.99. The van der Waals surface area contributed by atoms with Crippen molar-refractivity contribution in [2.75, 3.05) is 4.90 Å². The van der Waals surface area contributed by atoms with Crippen LogP contribution < -0.4 is 4.90 Å². The lowest BCUT2D eigenvalue weighted by Crippen LogP contribution is -2.42. The highest BCUT2D eigenvalue weighted by atomic mass is 79.9. The molecule has 1 aromatic heterocycles. The van der Waals surface area contributed by atoms with Gasteiger partial charge in [-0.3, -0.25) is 9.59 Å². The molecule has 0 unspecified atom stereocenters. The van der Waals surface area contributed by atoms with E-state index in [9.17, 15) is 9.59 Å². The minimum atomic E-state index is -0.302. The Morgan fingerprint density at radius 1 is 1.28 bits per heavy atom. The number of amides is 2. The van der Waals surface area contributed by atoms with E-state index in [-0.39, 0.29) is 18.2 Å². The summed E-state index contributed by atoms with van der Waals surface area (Å²) in [5.41, 5.74) is 1.35. The summed E-state index contributed by atoms with van der Waals surface area (Å²) in [6, 6.07) is 7.16. The Morgan fingerprint density at radius 3 is 2.78 bits per heavy atom. The maximum Gasteiger partial charge on any atom is 0.267 e. The summed E-state index contributed by atoms with van der Waals surface area (Å²) in [6.45, 7) is 0. The van der Waals surface area contributed by atoms with Crippen LogP contribution in [0.3, 0.4) is 0 Å². The number of thiazole rings is 1. The number of anilines is 1. The molecule has 2 aromatic rings. The molecule has 0 radical (unpaired) electrons. The monoisotopic (exact) mass is 322 g/mol. The van der Waals surface area contributed by atoms with Crippen LogP contribution in [0.4, 0.5) is 5.13 Å². The van der Waals surface area contributed by atoms with Crippen LogP contribution in [0.15, 0.2) is 34.2 Å². The van der Waals surface area contributed by atoms with Crippen LogP contribution in [0.25, 0.3) is 0 Å². The largest absolute Gasteiger partial charge is 0.274 e. The fraction of sp³-hybridized carbons (Fsp3) is 0.0833. The Labute approximate surface area is 115 Å². The molecular formula is C12H7BrN2O2S. The summed E-state index contributed by atoms with van der Waals surface area (Å²) in [5.74, 6) is -0.538. The van der Waals surface area contributed by atoms with Crippen molar-refractivity contribution in [3.05, 3.63) is 45.4 Å². The van der Waals surface area contributed by atoms with Gasteiger partial charge >= 0.3 is 0 Å². The van der Waals surface area contributed by atoms with Crippen molar-refractivity contribution in [3.63, 3.8) is 0 Å². The average Bonchev–Trinajstić information content (AvgIpc) is 2.76. The summed E-state index contributed by atoms with van der Waals surface area (Å²) in [7, 11) is 0. The van der Waals surface area contributed by atoms with Gasteiger partial charge in [-0.25, -0.2) is 9.88 Å². The number of carbonyl (C=O) groups is 2. The predicted octanol–water partition coefficient (Wildman–Crippen LogP) is 2.64. The van der Waals surface area contributed by atoms with Gasteiger partial charge in [0.05, 0.1) is 16.4 Å². The number of nitrogens with zero attached hydrogens (tertiary/aromatic N) is 2. The molecule has 2 amide bonds. The second-order valence-corrected chi connectivity index (χ2v) is 6.20. The van der Waals surface area contributed by atoms with E-state index < -0.39 is 0 Å². The molecule has 3 rings (SSSR count). The van der Waals surface area contributed by atoms with E-state index in [0.29, 0.717) is 10.7 Å². The molecule has 0 saturated heterocycles. The van der Waals surface area contributed by atoms with Crippen LogP contribution in [-0.4, -0.2) is 16.8 Å². The Balaban J connectivity index is 2.08. The van der Waals surface area contributed by atoms with Gasteiger partial charge in [0, 0.05) is 5.56 Å². The standard InChI is InChI=1S/C12H7BrN2O2S/c13-9-6-14-12(18-9)15-10(16)5-7-3-1-2-4-8(7)11(15)17/h1-4,6H,5H2. The van der Waals surface area contributed by atoms with Gasteiger partial charge < -0.3 is 0 Å². The highest BCUT2D eigenvalue weighted by molar-refractivity contribution is 9.11. The highest BCUT2D eigenvalue weighted by Gasteiger charge is 2.33. The van der Waals surface area contributed by atoms with Gasteiger partial charge in [-0.1, -0.05) is 29.5 Å². The summed E-state index contributed by atoms with van der Waals surface area (Å²) in [5, 5.41) is 0.409. The Kier molecular flexibility index (Phi) is 2.76. The summed E-state index contributed by atoms with van der Waals surface area (Å²) in [4.78, 5) is 29.5. The third kappa shape index (κ3) is 1.77. The molecule has 0 bridgehead atoms. The summed E-state index contributed by atoms with van der Waals surface area (Å²) >= 11 is 4.54. The fourth-order valence-corrected chi connectivity index (χ4v) is 3.10. The maximum absolute atomic E-state index is 12.3. The van der Waals surface area contributed by atoms with Crippen molar-refractivity contribution in [1.29, 1.82) is 0 Å².